The maximum absolute atomic E-state index is 13.4. The van der Waals surface area contributed by atoms with Crippen LogP contribution in [0.15, 0.2) is 76.7 Å². The Kier molecular flexibility index (Phi) is 6.42. The number of hydrogen-bond donors (Lipinski definition) is 1. The van der Waals surface area contributed by atoms with Crippen molar-refractivity contribution in [2.45, 2.75) is 32.3 Å². The molecule has 0 fully saturated rings. The first-order valence-corrected chi connectivity index (χ1v) is 11.6. The summed E-state index contributed by atoms with van der Waals surface area (Å²) in [7, 11) is 0. The van der Waals surface area contributed by atoms with Crippen molar-refractivity contribution in [1.82, 2.24) is 9.55 Å². The first-order valence-electron chi connectivity index (χ1n) is 10.6. The third-order valence-corrected chi connectivity index (χ3v) is 6.26. The highest BCUT2D eigenvalue weighted by Crippen LogP contribution is 2.24. The Hall–Kier alpha value is -3.38. The van der Waals surface area contributed by atoms with Crippen molar-refractivity contribution in [3.05, 3.63) is 93.8 Å². The Balaban J connectivity index is 1.66. The van der Waals surface area contributed by atoms with Gasteiger partial charge in [-0.1, -0.05) is 60.6 Å². The van der Waals surface area contributed by atoms with Gasteiger partial charge in [0.05, 0.1) is 22.3 Å². The number of aryl methyl sites for hydroxylation is 3. The fraction of sp³-hybridized carbons (Fsp3) is 0.192. The molecule has 4 aromatic rings. The van der Waals surface area contributed by atoms with E-state index in [0.29, 0.717) is 16.1 Å². The second kappa shape index (κ2) is 9.40. The second-order valence-electron chi connectivity index (χ2n) is 7.73. The standard InChI is InChI=1S/C26H25N3O2S/c1-4-19-10-12-20(13-11-19)27-24(30)16-32-26-28-22-8-6-5-7-21(22)25(31)29(26)23-14-9-17(2)15-18(23)3/h5-15H,4,16H2,1-3H3,(H,27,30). The molecule has 0 aliphatic heterocycles. The number of carbonyl (C=O) groups excluding carboxylic acids is 1. The molecule has 0 aliphatic rings. The van der Waals surface area contributed by atoms with Crippen molar-refractivity contribution in [3.8, 4) is 5.69 Å². The molecule has 1 heterocycles. The van der Waals surface area contributed by atoms with Gasteiger partial charge >= 0.3 is 0 Å². The Morgan fingerprint density at radius 1 is 1.03 bits per heavy atom. The van der Waals surface area contributed by atoms with Gasteiger partial charge in [0.15, 0.2) is 5.16 Å². The van der Waals surface area contributed by atoms with E-state index in [1.54, 1.807) is 10.6 Å². The van der Waals surface area contributed by atoms with Gasteiger partial charge in [-0.15, -0.1) is 0 Å². The highest BCUT2D eigenvalue weighted by molar-refractivity contribution is 7.99. The van der Waals surface area contributed by atoms with Gasteiger partial charge in [0.25, 0.3) is 5.56 Å². The van der Waals surface area contributed by atoms with Gasteiger partial charge in [-0.3, -0.25) is 14.2 Å². The molecule has 0 aliphatic carbocycles. The largest absolute Gasteiger partial charge is 0.325 e. The first kappa shape index (κ1) is 21.8. The van der Waals surface area contributed by atoms with Crippen LogP contribution in [0, 0.1) is 13.8 Å². The average molecular weight is 444 g/mol. The molecule has 0 bridgehead atoms. The SMILES string of the molecule is CCc1ccc(NC(=O)CSc2nc3ccccc3c(=O)n2-c2ccc(C)cc2C)cc1. The number of thioether (sulfide) groups is 1. The highest BCUT2D eigenvalue weighted by atomic mass is 32.2. The molecule has 1 aromatic heterocycles. The van der Waals surface area contributed by atoms with Crippen LogP contribution in [0.1, 0.15) is 23.6 Å². The predicted octanol–water partition coefficient (Wildman–Crippen LogP) is 5.30. The highest BCUT2D eigenvalue weighted by Gasteiger charge is 2.16. The van der Waals surface area contributed by atoms with Crippen LogP contribution in [-0.4, -0.2) is 21.2 Å². The number of para-hydroxylation sites is 1. The molecule has 4 rings (SSSR count). The fourth-order valence-electron chi connectivity index (χ4n) is 3.63. The monoisotopic (exact) mass is 443 g/mol. The van der Waals surface area contributed by atoms with Crippen molar-refractivity contribution < 1.29 is 4.79 Å². The molecule has 0 atom stereocenters. The summed E-state index contributed by atoms with van der Waals surface area (Å²) in [5, 5.41) is 3.97. The lowest BCUT2D eigenvalue weighted by molar-refractivity contribution is -0.113. The molecule has 1 N–H and O–H groups in total. The van der Waals surface area contributed by atoms with E-state index >= 15 is 0 Å². The van der Waals surface area contributed by atoms with Crippen LogP contribution in [0.5, 0.6) is 0 Å². The lowest BCUT2D eigenvalue weighted by Crippen LogP contribution is -2.23. The maximum atomic E-state index is 13.4. The van der Waals surface area contributed by atoms with Crippen LogP contribution in [0.4, 0.5) is 5.69 Å². The van der Waals surface area contributed by atoms with Crippen molar-refractivity contribution in [1.29, 1.82) is 0 Å². The smallest absolute Gasteiger partial charge is 0.266 e. The summed E-state index contributed by atoms with van der Waals surface area (Å²) in [5.74, 6) is -0.000532. The van der Waals surface area contributed by atoms with E-state index in [9.17, 15) is 9.59 Å². The minimum absolute atomic E-state index is 0.138. The number of fused-ring (bicyclic) bond motifs is 1. The molecule has 3 aromatic carbocycles. The Morgan fingerprint density at radius 3 is 2.50 bits per heavy atom. The summed E-state index contributed by atoms with van der Waals surface area (Å²) in [5.41, 5.74) is 5.33. The molecule has 0 radical (unpaired) electrons. The number of carbonyl (C=O) groups is 1. The molecule has 0 unspecified atom stereocenters. The molecule has 1 amide bonds. The summed E-state index contributed by atoms with van der Waals surface area (Å²) < 4.78 is 1.62. The van der Waals surface area contributed by atoms with E-state index in [-0.39, 0.29) is 17.2 Å². The molecule has 6 heteroatoms. The zero-order valence-corrected chi connectivity index (χ0v) is 19.2. The molecule has 32 heavy (non-hydrogen) atoms. The number of rotatable bonds is 6. The van der Waals surface area contributed by atoms with Gasteiger partial charge < -0.3 is 5.32 Å². The number of hydrogen-bond acceptors (Lipinski definition) is 4. The number of nitrogens with zero attached hydrogens (tertiary/aromatic N) is 2. The third-order valence-electron chi connectivity index (χ3n) is 5.32. The summed E-state index contributed by atoms with van der Waals surface area (Å²) in [4.78, 5) is 30.7. The maximum Gasteiger partial charge on any atom is 0.266 e. The normalized spacial score (nSPS) is 11.0. The van der Waals surface area contributed by atoms with Crippen molar-refractivity contribution in [2.75, 3.05) is 11.1 Å². The third kappa shape index (κ3) is 4.60. The second-order valence-corrected chi connectivity index (χ2v) is 8.67. The fourth-order valence-corrected chi connectivity index (χ4v) is 4.43. The number of anilines is 1. The molecular weight excluding hydrogens is 418 g/mol. The predicted molar refractivity (Wildman–Crippen MR) is 132 cm³/mol. The van der Waals surface area contributed by atoms with Crippen LogP contribution in [0.25, 0.3) is 16.6 Å². The van der Waals surface area contributed by atoms with Gasteiger partial charge in [0, 0.05) is 5.69 Å². The summed E-state index contributed by atoms with van der Waals surface area (Å²) in [6.07, 6.45) is 0.952. The van der Waals surface area contributed by atoms with E-state index in [1.165, 1.54) is 17.3 Å². The van der Waals surface area contributed by atoms with Crippen LogP contribution >= 0.6 is 11.8 Å². The lowest BCUT2D eigenvalue weighted by Gasteiger charge is -2.15. The Bertz CT molecular complexity index is 1340. The minimum Gasteiger partial charge on any atom is -0.325 e. The lowest BCUT2D eigenvalue weighted by atomic mass is 10.1. The molecule has 0 saturated carbocycles. The quantitative estimate of drug-likeness (QED) is 0.325. The van der Waals surface area contributed by atoms with E-state index in [1.807, 2.05) is 74.5 Å². The zero-order chi connectivity index (χ0) is 22.7. The summed E-state index contributed by atoms with van der Waals surface area (Å²) in [6.45, 7) is 6.09. The summed E-state index contributed by atoms with van der Waals surface area (Å²) >= 11 is 1.26. The average Bonchev–Trinajstić information content (AvgIpc) is 2.79. The van der Waals surface area contributed by atoms with Crippen LogP contribution in [-0.2, 0) is 11.2 Å². The number of aromatic nitrogens is 2. The van der Waals surface area contributed by atoms with Gasteiger partial charge in [-0.05, 0) is 61.7 Å². The van der Waals surface area contributed by atoms with Gasteiger partial charge in [-0.2, -0.15) is 0 Å². The van der Waals surface area contributed by atoms with Crippen molar-refractivity contribution >= 4 is 34.3 Å². The van der Waals surface area contributed by atoms with Crippen LogP contribution < -0.4 is 10.9 Å². The minimum atomic E-state index is -0.145. The van der Waals surface area contributed by atoms with Gasteiger partial charge in [0.1, 0.15) is 0 Å². The molecule has 0 spiro atoms. The number of nitrogens with one attached hydrogen (secondary N) is 1. The van der Waals surface area contributed by atoms with E-state index in [4.69, 9.17) is 4.98 Å². The van der Waals surface area contributed by atoms with E-state index in [0.717, 1.165) is 28.9 Å². The first-order chi connectivity index (χ1) is 15.5. The Morgan fingerprint density at radius 2 is 1.78 bits per heavy atom. The van der Waals surface area contributed by atoms with E-state index in [2.05, 4.69) is 12.2 Å². The van der Waals surface area contributed by atoms with Crippen LogP contribution in [0.2, 0.25) is 0 Å². The Labute approximate surface area is 191 Å². The van der Waals surface area contributed by atoms with Crippen LogP contribution in [0.3, 0.4) is 0 Å². The topological polar surface area (TPSA) is 64.0 Å². The molecule has 5 nitrogen and oxygen atoms in total. The van der Waals surface area contributed by atoms with Gasteiger partial charge in [0.2, 0.25) is 5.91 Å². The van der Waals surface area contributed by atoms with Crippen molar-refractivity contribution in [3.63, 3.8) is 0 Å². The molecular formula is C26H25N3O2S. The summed E-state index contributed by atoms with van der Waals surface area (Å²) in [6, 6.07) is 21.1. The number of amides is 1. The molecule has 162 valence electrons. The van der Waals surface area contributed by atoms with Gasteiger partial charge in [-0.25, -0.2) is 4.98 Å². The van der Waals surface area contributed by atoms with E-state index < -0.39 is 0 Å². The zero-order valence-electron chi connectivity index (χ0n) is 18.4. The van der Waals surface area contributed by atoms with Crippen molar-refractivity contribution in [2.24, 2.45) is 0 Å². The number of benzene rings is 3. The molecule has 0 saturated heterocycles.